The van der Waals surface area contributed by atoms with Crippen molar-refractivity contribution in [2.75, 3.05) is 13.7 Å². The van der Waals surface area contributed by atoms with E-state index in [9.17, 15) is 9.59 Å². The molecule has 26 heavy (non-hydrogen) atoms. The molecule has 0 spiro atoms. The number of rotatable bonds is 7. The Kier molecular flexibility index (Phi) is 6.38. The second kappa shape index (κ2) is 8.51. The summed E-state index contributed by atoms with van der Waals surface area (Å²) < 4.78 is 10.2. The van der Waals surface area contributed by atoms with Crippen LogP contribution in [0.25, 0.3) is 0 Å². The van der Waals surface area contributed by atoms with Crippen LogP contribution in [-0.2, 0) is 26.2 Å². The van der Waals surface area contributed by atoms with Crippen LogP contribution in [-0.4, -0.2) is 41.6 Å². The highest BCUT2D eigenvalue weighted by atomic mass is 16.5. The van der Waals surface area contributed by atoms with Crippen molar-refractivity contribution in [2.24, 2.45) is 0 Å². The maximum absolute atomic E-state index is 12.1. The number of aromatic amines is 1. The van der Waals surface area contributed by atoms with E-state index in [0.29, 0.717) is 5.75 Å². The molecule has 1 aromatic heterocycles. The molecule has 0 aliphatic carbocycles. The molecular formula is C19H25N3O4. The third kappa shape index (κ3) is 5.61. The molecule has 2 N–H and O–H groups in total. The van der Waals surface area contributed by atoms with E-state index < -0.39 is 17.9 Å². The summed E-state index contributed by atoms with van der Waals surface area (Å²) in [6.07, 6.45) is 3.36. The van der Waals surface area contributed by atoms with Gasteiger partial charge in [0.2, 0.25) is 0 Å². The minimum atomic E-state index is -0.806. The smallest absolute Gasteiger partial charge is 0.328 e. The first-order chi connectivity index (χ1) is 12.3. The van der Waals surface area contributed by atoms with Crippen molar-refractivity contribution in [3.8, 4) is 5.75 Å². The molecule has 0 bridgehead atoms. The molecule has 2 rings (SSSR count). The molecule has 1 heterocycles. The van der Waals surface area contributed by atoms with Crippen LogP contribution in [0.5, 0.6) is 5.75 Å². The number of amides is 1. The number of carbonyl (C=O) groups is 2. The summed E-state index contributed by atoms with van der Waals surface area (Å²) in [6, 6.07) is 6.80. The molecule has 1 amide bonds. The van der Waals surface area contributed by atoms with Gasteiger partial charge in [0, 0.05) is 18.3 Å². The lowest BCUT2D eigenvalue weighted by atomic mass is 9.87. The van der Waals surface area contributed by atoms with Gasteiger partial charge in [0.25, 0.3) is 5.91 Å². The monoisotopic (exact) mass is 359 g/mol. The molecule has 0 aliphatic rings. The van der Waals surface area contributed by atoms with E-state index in [-0.39, 0.29) is 18.4 Å². The summed E-state index contributed by atoms with van der Waals surface area (Å²) in [5, 5.41) is 2.63. The van der Waals surface area contributed by atoms with Crippen LogP contribution < -0.4 is 10.1 Å². The normalized spacial score (nSPS) is 12.3. The highest BCUT2D eigenvalue weighted by molar-refractivity contribution is 5.85. The van der Waals surface area contributed by atoms with Gasteiger partial charge in [-0.25, -0.2) is 9.78 Å². The number of imidazole rings is 1. The van der Waals surface area contributed by atoms with Crippen molar-refractivity contribution in [3.05, 3.63) is 48.0 Å². The van der Waals surface area contributed by atoms with E-state index >= 15 is 0 Å². The number of methoxy groups -OCH3 is 1. The maximum atomic E-state index is 12.1. The first-order valence-corrected chi connectivity index (χ1v) is 8.37. The molecule has 0 aliphatic heterocycles. The Balaban J connectivity index is 1.90. The molecule has 2 aromatic rings. The second-order valence-corrected chi connectivity index (χ2v) is 6.99. The second-order valence-electron chi connectivity index (χ2n) is 6.99. The zero-order chi connectivity index (χ0) is 19.2. The predicted molar refractivity (Wildman–Crippen MR) is 96.9 cm³/mol. The van der Waals surface area contributed by atoms with E-state index in [1.54, 1.807) is 6.20 Å². The van der Waals surface area contributed by atoms with Crippen LogP contribution in [0.15, 0.2) is 36.8 Å². The van der Waals surface area contributed by atoms with Gasteiger partial charge in [-0.2, -0.15) is 0 Å². The summed E-state index contributed by atoms with van der Waals surface area (Å²) in [4.78, 5) is 30.8. The fourth-order valence-electron chi connectivity index (χ4n) is 2.39. The zero-order valence-electron chi connectivity index (χ0n) is 15.5. The van der Waals surface area contributed by atoms with Crippen LogP contribution in [0.4, 0.5) is 0 Å². The fourth-order valence-corrected chi connectivity index (χ4v) is 2.39. The highest BCUT2D eigenvalue weighted by Crippen LogP contribution is 2.24. The van der Waals surface area contributed by atoms with Crippen molar-refractivity contribution in [2.45, 2.75) is 38.6 Å². The SMILES string of the molecule is COC(=O)[C@H](Cc1cnc[nH]1)NC(=O)COc1ccc(C(C)(C)C)cc1. The van der Waals surface area contributed by atoms with E-state index in [0.717, 1.165) is 5.69 Å². The molecule has 0 saturated carbocycles. The van der Waals surface area contributed by atoms with Gasteiger partial charge in [0.05, 0.1) is 13.4 Å². The van der Waals surface area contributed by atoms with Gasteiger partial charge in [0.15, 0.2) is 6.61 Å². The van der Waals surface area contributed by atoms with Crippen molar-refractivity contribution >= 4 is 11.9 Å². The number of nitrogens with zero attached hydrogens (tertiary/aromatic N) is 1. The number of ether oxygens (including phenoxy) is 2. The molecule has 0 saturated heterocycles. The number of H-pyrrole nitrogens is 1. The predicted octanol–water partition coefficient (Wildman–Crippen LogP) is 1.99. The quantitative estimate of drug-likeness (QED) is 0.738. The summed E-state index contributed by atoms with van der Waals surface area (Å²) in [5.74, 6) is -0.335. The Labute approximate surface area is 153 Å². The topological polar surface area (TPSA) is 93.3 Å². The van der Waals surface area contributed by atoms with Gasteiger partial charge < -0.3 is 19.8 Å². The molecule has 1 aromatic carbocycles. The first kappa shape index (κ1) is 19.5. The number of benzene rings is 1. The summed E-state index contributed by atoms with van der Waals surface area (Å²) >= 11 is 0. The molecule has 0 unspecified atom stereocenters. The molecular weight excluding hydrogens is 334 g/mol. The lowest BCUT2D eigenvalue weighted by molar-refractivity contribution is -0.145. The Morgan fingerprint density at radius 3 is 2.46 bits per heavy atom. The Bertz CT molecular complexity index is 718. The van der Waals surface area contributed by atoms with E-state index in [2.05, 4.69) is 36.1 Å². The number of hydrogen-bond donors (Lipinski definition) is 2. The van der Waals surface area contributed by atoms with Crippen molar-refractivity contribution in [1.29, 1.82) is 0 Å². The molecule has 7 nitrogen and oxygen atoms in total. The van der Waals surface area contributed by atoms with E-state index in [4.69, 9.17) is 9.47 Å². The van der Waals surface area contributed by atoms with Crippen LogP contribution >= 0.6 is 0 Å². The molecule has 0 radical (unpaired) electrons. The third-order valence-electron chi connectivity index (χ3n) is 3.89. The fraction of sp³-hybridized carbons (Fsp3) is 0.421. The molecule has 140 valence electrons. The Hall–Kier alpha value is -2.83. The van der Waals surface area contributed by atoms with E-state index in [1.165, 1.54) is 19.0 Å². The standard InChI is InChI=1S/C19H25N3O4/c1-19(2,3)13-5-7-15(8-6-13)26-11-17(23)22-16(18(24)25-4)9-14-10-20-12-21-14/h5-8,10,12,16H,9,11H2,1-4H3,(H,20,21)(H,22,23)/t16-/m0/s1. The zero-order valence-corrected chi connectivity index (χ0v) is 15.5. The number of carbonyl (C=O) groups excluding carboxylic acids is 2. The average Bonchev–Trinajstić information content (AvgIpc) is 3.11. The van der Waals surface area contributed by atoms with Crippen molar-refractivity contribution < 1.29 is 19.1 Å². The molecule has 1 atom stereocenters. The average molecular weight is 359 g/mol. The molecule has 0 fully saturated rings. The van der Waals surface area contributed by atoms with Gasteiger partial charge >= 0.3 is 5.97 Å². The number of esters is 1. The lowest BCUT2D eigenvalue weighted by Crippen LogP contribution is -2.45. The highest BCUT2D eigenvalue weighted by Gasteiger charge is 2.22. The van der Waals surface area contributed by atoms with Gasteiger partial charge in [-0.1, -0.05) is 32.9 Å². The third-order valence-corrected chi connectivity index (χ3v) is 3.89. The van der Waals surface area contributed by atoms with Gasteiger partial charge in [-0.15, -0.1) is 0 Å². The minimum absolute atomic E-state index is 0.0519. The van der Waals surface area contributed by atoms with Gasteiger partial charge in [0.1, 0.15) is 11.8 Å². The van der Waals surface area contributed by atoms with Crippen LogP contribution in [0.1, 0.15) is 32.0 Å². The minimum Gasteiger partial charge on any atom is -0.484 e. The van der Waals surface area contributed by atoms with Crippen molar-refractivity contribution in [1.82, 2.24) is 15.3 Å². The number of hydrogen-bond acceptors (Lipinski definition) is 5. The number of aromatic nitrogens is 2. The Morgan fingerprint density at radius 1 is 1.23 bits per heavy atom. The maximum Gasteiger partial charge on any atom is 0.328 e. The summed E-state index contributed by atoms with van der Waals surface area (Å²) in [6.45, 7) is 6.19. The van der Waals surface area contributed by atoms with Crippen LogP contribution in [0.3, 0.4) is 0 Å². The number of nitrogens with one attached hydrogen (secondary N) is 2. The van der Waals surface area contributed by atoms with Crippen LogP contribution in [0, 0.1) is 0 Å². The van der Waals surface area contributed by atoms with Crippen LogP contribution in [0.2, 0.25) is 0 Å². The lowest BCUT2D eigenvalue weighted by Gasteiger charge is -2.19. The first-order valence-electron chi connectivity index (χ1n) is 8.37. The van der Waals surface area contributed by atoms with Crippen molar-refractivity contribution in [3.63, 3.8) is 0 Å². The van der Waals surface area contributed by atoms with E-state index in [1.807, 2.05) is 24.3 Å². The largest absolute Gasteiger partial charge is 0.484 e. The molecule has 7 heteroatoms. The Morgan fingerprint density at radius 2 is 1.92 bits per heavy atom. The van der Waals surface area contributed by atoms with Gasteiger partial charge in [-0.3, -0.25) is 4.79 Å². The van der Waals surface area contributed by atoms with Gasteiger partial charge in [-0.05, 0) is 23.1 Å². The summed E-state index contributed by atoms with van der Waals surface area (Å²) in [5.41, 5.74) is 1.95. The summed E-state index contributed by atoms with van der Waals surface area (Å²) in [7, 11) is 1.28.